The van der Waals surface area contributed by atoms with Crippen LogP contribution in [-0.4, -0.2) is 22.0 Å². The molecule has 0 fully saturated rings. The third-order valence-electron chi connectivity index (χ3n) is 3.54. The molecule has 1 aromatic carbocycles. The van der Waals surface area contributed by atoms with Crippen molar-refractivity contribution >= 4 is 28.7 Å². The maximum Gasteiger partial charge on any atom is 0.338 e. The van der Waals surface area contributed by atoms with Gasteiger partial charge in [-0.05, 0) is 31.5 Å². The average molecular weight is 282 g/mol. The molecule has 5 heteroatoms. The number of carbonyl (C=O) groups is 2. The lowest BCUT2D eigenvalue weighted by molar-refractivity contribution is -0.130. The smallest absolute Gasteiger partial charge is 0.338 e. The van der Waals surface area contributed by atoms with Crippen LogP contribution >= 0.6 is 0 Å². The number of hydrogen-bond acceptors (Lipinski definition) is 2. The number of aromatic nitrogens is 1. The number of nitrogens with one attached hydrogen (secondary N) is 2. The first kappa shape index (κ1) is 13.2. The van der Waals surface area contributed by atoms with E-state index in [2.05, 4.69) is 10.3 Å². The van der Waals surface area contributed by atoms with Crippen molar-refractivity contribution in [2.75, 3.05) is 5.32 Å². The van der Waals surface area contributed by atoms with Crippen LogP contribution in [0.5, 0.6) is 0 Å². The number of para-hydroxylation sites is 1. The van der Waals surface area contributed by atoms with Crippen molar-refractivity contribution in [1.82, 2.24) is 4.98 Å². The highest BCUT2D eigenvalue weighted by Crippen LogP contribution is 2.37. The molecule has 0 spiro atoms. The van der Waals surface area contributed by atoms with Gasteiger partial charge in [0.25, 0.3) is 5.91 Å². The molecule has 0 saturated heterocycles. The maximum absolute atomic E-state index is 12.2. The van der Waals surface area contributed by atoms with E-state index in [4.69, 9.17) is 0 Å². The number of carboxylic acid groups (broad SMARTS) is 1. The minimum absolute atomic E-state index is 0.00282. The first-order valence-corrected chi connectivity index (χ1v) is 6.54. The highest BCUT2D eigenvalue weighted by molar-refractivity contribution is 6.44. The van der Waals surface area contributed by atoms with Crippen LogP contribution in [0.1, 0.15) is 22.5 Å². The summed E-state index contributed by atoms with van der Waals surface area (Å²) >= 11 is 0. The predicted molar refractivity (Wildman–Crippen MR) is 79.8 cm³/mol. The summed E-state index contributed by atoms with van der Waals surface area (Å²) in [7, 11) is 0. The molecule has 0 saturated carbocycles. The molecule has 5 nitrogen and oxygen atoms in total. The zero-order chi connectivity index (χ0) is 15.1. The Morgan fingerprint density at radius 2 is 1.90 bits per heavy atom. The van der Waals surface area contributed by atoms with Crippen molar-refractivity contribution in [3.8, 4) is 0 Å². The summed E-state index contributed by atoms with van der Waals surface area (Å²) in [6, 6.07) is 8.94. The molecule has 21 heavy (non-hydrogen) atoms. The third kappa shape index (κ3) is 2.03. The first-order chi connectivity index (χ1) is 9.99. The van der Waals surface area contributed by atoms with Crippen molar-refractivity contribution in [2.24, 2.45) is 0 Å². The number of carbonyl (C=O) groups excluding carboxylic acids is 1. The largest absolute Gasteiger partial charge is 0.478 e. The van der Waals surface area contributed by atoms with Crippen LogP contribution in [0.3, 0.4) is 0 Å². The van der Waals surface area contributed by atoms with Gasteiger partial charge >= 0.3 is 5.97 Å². The van der Waals surface area contributed by atoms with Gasteiger partial charge in [0.05, 0.1) is 16.8 Å². The molecular formula is C16H14N2O3. The van der Waals surface area contributed by atoms with Gasteiger partial charge in [-0.1, -0.05) is 18.2 Å². The summed E-state index contributed by atoms with van der Waals surface area (Å²) in [5.74, 6) is -1.51. The summed E-state index contributed by atoms with van der Waals surface area (Å²) < 4.78 is 0. The maximum atomic E-state index is 12.2. The molecule has 0 atom stereocenters. The van der Waals surface area contributed by atoms with E-state index in [-0.39, 0.29) is 17.1 Å². The summed E-state index contributed by atoms with van der Waals surface area (Å²) in [5.41, 5.74) is 3.58. The lowest BCUT2D eigenvalue weighted by Crippen LogP contribution is -2.11. The zero-order valence-electron chi connectivity index (χ0n) is 11.7. The number of fused-ring (bicyclic) bond motifs is 1. The highest BCUT2D eigenvalue weighted by Gasteiger charge is 2.31. The van der Waals surface area contributed by atoms with Gasteiger partial charge < -0.3 is 15.4 Å². The molecule has 3 rings (SSSR count). The van der Waals surface area contributed by atoms with Gasteiger partial charge in [-0.3, -0.25) is 4.79 Å². The molecule has 2 aromatic rings. The molecule has 3 N–H and O–H groups in total. The average Bonchev–Trinajstić information content (AvgIpc) is 2.91. The normalized spacial score (nSPS) is 15.6. The number of H-pyrrole nitrogens is 1. The zero-order valence-corrected chi connectivity index (χ0v) is 11.7. The minimum Gasteiger partial charge on any atom is -0.478 e. The van der Waals surface area contributed by atoms with Gasteiger partial charge in [-0.25, -0.2) is 4.79 Å². The second-order valence-electron chi connectivity index (χ2n) is 5.07. The van der Waals surface area contributed by atoms with E-state index in [0.29, 0.717) is 16.9 Å². The second-order valence-corrected chi connectivity index (χ2v) is 5.07. The number of anilines is 1. The second kappa shape index (κ2) is 4.63. The van der Waals surface area contributed by atoms with E-state index in [1.807, 2.05) is 19.9 Å². The van der Waals surface area contributed by atoms with Crippen LogP contribution in [0.2, 0.25) is 0 Å². The van der Waals surface area contributed by atoms with Crippen LogP contribution in [0.15, 0.2) is 30.3 Å². The predicted octanol–water partition coefficient (Wildman–Crippen LogP) is 2.58. The van der Waals surface area contributed by atoms with Crippen molar-refractivity contribution in [3.05, 3.63) is 52.8 Å². The highest BCUT2D eigenvalue weighted by atomic mass is 16.4. The summed E-state index contributed by atoms with van der Waals surface area (Å²) in [4.78, 5) is 27.0. The van der Waals surface area contributed by atoms with E-state index in [1.54, 1.807) is 24.3 Å². The van der Waals surface area contributed by atoms with E-state index < -0.39 is 5.97 Å². The number of aromatic amines is 1. The molecule has 1 amide bonds. The molecule has 0 radical (unpaired) electrons. The third-order valence-corrected chi connectivity index (χ3v) is 3.54. The Morgan fingerprint density at radius 1 is 1.19 bits per heavy atom. The quantitative estimate of drug-likeness (QED) is 0.740. The SMILES string of the molecule is Cc1cc(C)c(/C(C(=O)O)=C2/C(=O)Nc3ccccc32)[nH]1. The van der Waals surface area contributed by atoms with Crippen LogP contribution in [0.25, 0.3) is 11.1 Å². The number of hydrogen-bond donors (Lipinski definition) is 3. The Kier molecular flexibility index (Phi) is 2.90. The Labute approximate surface area is 121 Å². The van der Waals surface area contributed by atoms with Crippen LogP contribution in [-0.2, 0) is 9.59 Å². The summed E-state index contributed by atoms with van der Waals surface area (Å²) in [6.07, 6.45) is 0. The Morgan fingerprint density at radius 3 is 2.52 bits per heavy atom. The van der Waals surface area contributed by atoms with Crippen molar-refractivity contribution in [3.63, 3.8) is 0 Å². The first-order valence-electron chi connectivity index (χ1n) is 6.54. The van der Waals surface area contributed by atoms with Crippen molar-refractivity contribution in [2.45, 2.75) is 13.8 Å². The fourth-order valence-electron chi connectivity index (χ4n) is 2.69. The Bertz CT molecular complexity index is 800. The van der Waals surface area contributed by atoms with Crippen LogP contribution < -0.4 is 5.32 Å². The summed E-state index contributed by atoms with van der Waals surface area (Å²) in [5, 5.41) is 12.3. The van der Waals surface area contributed by atoms with Gasteiger partial charge in [-0.2, -0.15) is 0 Å². The van der Waals surface area contributed by atoms with Gasteiger partial charge in [0, 0.05) is 16.9 Å². The van der Waals surface area contributed by atoms with E-state index in [1.165, 1.54) is 0 Å². The summed E-state index contributed by atoms with van der Waals surface area (Å²) in [6.45, 7) is 3.67. The van der Waals surface area contributed by atoms with Crippen LogP contribution in [0.4, 0.5) is 5.69 Å². The van der Waals surface area contributed by atoms with E-state index in [9.17, 15) is 14.7 Å². The van der Waals surface area contributed by atoms with Gasteiger partial charge in [-0.15, -0.1) is 0 Å². The van der Waals surface area contributed by atoms with Gasteiger partial charge in [0.2, 0.25) is 0 Å². The topological polar surface area (TPSA) is 82.2 Å². The number of aryl methyl sites for hydroxylation is 2. The Hall–Kier alpha value is -2.82. The molecule has 0 bridgehead atoms. The van der Waals surface area contributed by atoms with E-state index >= 15 is 0 Å². The fourth-order valence-corrected chi connectivity index (χ4v) is 2.69. The van der Waals surface area contributed by atoms with Crippen LogP contribution in [0, 0.1) is 13.8 Å². The molecule has 0 unspecified atom stereocenters. The number of carboxylic acids is 1. The molecule has 1 aliphatic heterocycles. The molecular weight excluding hydrogens is 268 g/mol. The van der Waals surface area contributed by atoms with Crippen molar-refractivity contribution < 1.29 is 14.7 Å². The number of amides is 1. The monoisotopic (exact) mass is 282 g/mol. The fraction of sp³-hybridized carbons (Fsp3) is 0.125. The molecule has 106 valence electrons. The lowest BCUT2D eigenvalue weighted by Gasteiger charge is -2.06. The Balaban J connectivity index is 2.33. The molecule has 1 aromatic heterocycles. The standard InChI is InChI=1S/C16H14N2O3/c1-8-7-9(2)17-14(8)13(16(20)21)12-10-5-3-4-6-11(10)18-15(12)19/h3-7,17H,1-2H3,(H,18,19)(H,20,21)/b13-12-. The molecule has 1 aliphatic rings. The number of rotatable bonds is 2. The molecule has 0 aliphatic carbocycles. The van der Waals surface area contributed by atoms with E-state index in [0.717, 1.165) is 11.3 Å². The number of benzene rings is 1. The van der Waals surface area contributed by atoms with Gasteiger partial charge in [0.15, 0.2) is 0 Å². The van der Waals surface area contributed by atoms with Gasteiger partial charge in [0.1, 0.15) is 0 Å². The number of aliphatic carboxylic acids is 1. The minimum atomic E-state index is -1.12. The van der Waals surface area contributed by atoms with Crippen molar-refractivity contribution in [1.29, 1.82) is 0 Å². The molecule has 2 heterocycles. The lowest BCUT2D eigenvalue weighted by atomic mass is 9.97.